The minimum Gasteiger partial charge on any atom is -0.387 e. The van der Waals surface area contributed by atoms with Gasteiger partial charge in [0, 0.05) is 30.7 Å². The highest BCUT2D eigenvalue weighted by Gasteiger charge is 2.08. The number of aliphatic hydroxyl groups is 1. The van der Waals surface area contributed by atoms with Gasteiger partial charge < -0.3 is 14.8 Å². The zero-order valence-electron chi connectivity index (χ0n) is 8.01. The molecule has 2 rings (SSSR count). The first kappa shape index (κ1) is 9.18. The SMILES string of the molecule is CNCC(O)c1cc2cnccn2c1. The molecule has 0 spiro atoms. The van der Waals surface area contributed by atoms with Crippen LogP contribution in [0.15, 0.2) is 30.9 Å². The van der Waals surface area contributed by atoms with Crippen molar-refractivity contribution in [2.45, 2.75) is 6.10 Å². The van der Waals surface area contributed by atoms with Crippen LogP contribution in [-0.2, 0) is 0 Å². The minimum absolute atomic E-state index is 0.458. The van der Waals surface area contributed by atoms with Crippen molar-refractivity contribution in [2.75, 3.05) is 13.6 Å². The number of hydrogen-bond acceptors (Lipinski definition) is 3. The van der Waals surface area contributed by atoms with E-state index >= 15 is 0 Å². The van der Waals surface area contributed by atoms with Crippen LogP contribution in [0.2, 0.25) is 0 Å². The Morgan fingerprint density at radius 2 is 2.50 bits per heavy atom. The molecule has 0 aliphatic heterocycles. The fraction of sp³-hybridized carbons (Fsp3) is 0.300. The molecule has 4 heteroatoms. The zero-order chi connectivity index (χ0) is 9.97. The molecular formula is C10H13N3O. The van der Waals surface area contributed by atoms with Crippen molar-refractivity contribution in [3.8, 4) is 0 Å². The molecule has 2 aromatic heterocycles. The molecule has 0 aromatic carbocycles. The van der Waals surface area contributed by atoms with Gasteiger partial charge >= 0.3 is 0 Å². The van der Waals surface area contributed by atoms with Gasteiger partial charge in [-0.15, -0.1) is 0 Å². The second kappa shape index (κ2) is 3.77. The first-order valence-electron chi connectivity index (χ1n) is 4.55. The smallest absolute Gasteiger partial charge is 0.0929 e. The van der Waals surface area contributed by atoms with E-state index < -0.39 is 6.10 Å². The summed E-state index contributed by atoms with van der Waals surface area (Å²) in [5.41, 5.74) is 1.91. The molecule has 0 fully saturated rings. The molecule has 0 amide bonds. The standard InChI is InChI=1S/C10H13N3O/c1-11-6-10(14)8-4-9-5-12-2-3-13(9)7-8/h2-5,7,10-11,14H,6H2,1H3. The summed E-state index contributed by atoms with van der Waals surface area (Å²) < 4.78 is 1.95. The Kier molecular flexibility index (Phi) is 2.47. The number of likely N-dealkylation sites (N-methyl/N-ethyl adjacent to an activating group) is 1. The highest BCUT2D eigenvalue weighted by atomic mass is 16.3. The van der Waals surface area contributed by atoms with E-state index in [0.717, 1.165) is 11.1 Å². The normalized spacial score (nSPS) is 13.3. The average molecular weight is 191 g/mol. The Labute approximate surface area is 82.2 Å². The number of fused-ring (bicyclic) bond motifs is 1. The van der Waals surface area contributed by atoms with Crippen molar-refractivity contribution < 1.29 is 5.11 Å². The van der Waals surface area contributed by atoms with Crippen molar-refractivity contribution in [3.63, 3.8) is 0 Å². The van der Waals surface area contributed by atoms with Crippen molar-refractivity contribution in [1.82, 2.24) is 14.7 Å². The quantitative estimate of drug-likeness (QED) is 0.746. The highest BCUT2D eigenvalue weighted by molar-refractivity contribution is 5.48. The zero-order valence-corrected chi connectivity index (χ0v) is 8.01. The average Bonchev–Trinajstić information content (AvgIpc) is 2.61. The van der Waals surface area contributed by atoms with Crippen LogP contribution in [0.1, 0.15) is 11.7 Å². The fourth-order valence-corrected chi connectivity index (χ4v) is 1.47. The van der Waals surface area contributed by atoms with Gasteiger partial charge in [-0.2, -0.15) is 0 Å². The topological polar surface area (TPSA) is 49.6 Å². The summed E-state index contributed by atoms with van der Waals surface area (Å²) in [6.45, 7) is 0.560. The molecule has 74 valence electrons. The van der Waals surface area contributed by atoms with Crippen LogP contribution in [0.3, 0.4) is 0 Å². The molecule has 14 heavy (non-hydrogen) atoms. The Morgan fingerprint density at radius 1 is 1.64 bits per heavy atom. The van der Waals surface area contributed by atoms with Gasteiger partial charge in [-0.25, -0.2) is 0 Å². The van der Waals surface area contributed by atoms with Gasteiger partial charge in [0.25, 0.3) is 0 Å². The van der Waals surface area contributed by atoms with Gasteiger partial charge in [-0.1, -0.05) is 0 Å². The Balaban J connectivity index is 2.35. The van der Waals surface area contributed by atoms with Crippen LogP contribution in [0.5, 0.6) is 0 Å². The van der Waals surface area contributed by atoms with Crippen LogP contribution < -0.4 is 5.32 Å². The lowest BCUT2D eigenvalue weighted by Crippen LogP contribution is -2.16. The third-order valence-corrected chi connectivity index (χ3v) is 2.20. The molecule has 0 bridgehead atoms. The van der Waals surface area contributed by atoms with E-state index in [1.807, 2.05) is 29.9 Å². The number of rotatable bonds is 3. The van der Waals surface area contributed by atoms with Gasteiger partial charge in [0.1, 0.15) is 0 Å². The molecule has 4 nitrogen and oxygen atoms in total. The first-order valence-corrected chi connectivity index (χ1v) is 4.55. The van der Waals surface area contributed by atoms with Gasteiger partial charge in [0.05, 0.1) is 17.8 Å². The molecule has 0 saturated heterocycles. The van der Waals surface area contributed by atoms with E-state index in [0.29, 0.717) is 6.54 Å². The number of aliphatic hydroxyl groups excluding tert-OH is 1. The molecule has 0 saturated carbocycles. The summed E-state index contributed by atoms with van der Waals surface area (Å²) in [6, 6.07) is 1.94. The van der Waals surface area contributed by atoms with Gasteiger partial charge in [0.15, 0.2) is 0 Å². The second-order valence-electron chi connectivity index (χ2n) is 3.26. The maximum absolute atomic E-state index is 9.73. The lowest BCUT2D eigenvalue weighted by molar-refractivity contribution is 0.178. The van der Waals surface area contributed by atoms with Crippen molar-refractivity contribution in [1.29, 1.82) is 0 Å². The molecular weight excluding hydrogens is 178 g/mol. The predicted octanol–water partition coefficient (Wildman–Crippen LogP) is 0.587. The van der Waals surface area contributed by atoms with E-state index in [-0.39, 0.29) is 0 Å². The first-order chi connectivity index (χ1) is 6.81. The van der Waals surface area contributed by atoms with Crippen molar-refractivity contribution in [3.05, 3.63) is 36.4 Å². The van der Waals surface area contributed by atoms with Crippen LogP contribution in [0.4, 0.5) is 0 Å². The molecule has 1 atom stereocenters. The van der Waals surface area contributed by atoms with E-state index in [9.17, 15) is 5.11 Å². The van der Waals surface area contributed by atoms with Crippen LogP contribution in [0.25, 0.3) is 5.52 Å². The Hall–Kier alpha value is -1.39. The summed E-state index contributed by atoms with van der Waals surface area (Å²) in [6.07, 6.45) is 6.82. The molecule has 1 unspecified atom stereocenters. The minimum atomic E-state index is -0.458. The van der Waals surface area contributed by atoms with Crippen LogP contribution in [0, 0.1) is 0 Å². The highest BCUT2D eigenvalue weighted by Crippen LogP contribution is 2.15. The lowest BCUT2D eigenvalue weighted by atomic mass is 10.2. The second-order valence-corrected chi connectivity index (χ2v) is 3.26. The van der Waals surface area contributed by atoms with E-state index in [2.05, 4.69) is 10.3 Å². The maximum atomic E-state index is 9.73. The molecule has 0 radical (unpaired) electrons. The third-order valence-electron chi connectivity index (χ3n) is 2.20. The van der Waals surface area contributed by atoms with Crippen molar-refractivity contribution in [2.24, 2.45) is 0 Å². The summed E-state index contributed by atoms with van der Waals surface area (Å²) >= 11 is 0. The number of nitrogens with zero attached hydrogens (tertiary/aromatic N) is 2. The van der Waals surface area contributed by atoms with E-state index in [4.69, 9.17) is 0 Å². The van der Waals surface area contributed by atoms with Crippen LogP contribution in [-0.4, -0.2) is 28.1 Å². The molecule has 2 aromatic rings. The number of aromatic nitrogens is 2. The summed E-state index contributed by atoms with van der Waals surface area (Å²) in [5, 5.41) is 12.7. The number of hydrogen-bond donors (Lipinski definition) is 2. The molecule has 2 N–H and O–H groups in total. The van der Waals surface area contributed by atoms with Gasteiger partial charge in [-0.05, 0) is 13.1 Å². The molecule has 0 aliphatic rings. The predicted molar refractivity (Wildman–Crippen MR) is 54.1 cm³/mol. The lowest BCUT2D eigenvalue weighted by Gasteiger charge is -2.06. The summed E-state index contributed by atoms with van der Waals surface area (Å²) in [5.74, 6) is 0. The van der Waals surface area contributed by atoms with Crippen molar-refractivity contribution >= 4 is 5.52 Å². The Morgan fingerprint density at radius 3 is 3.21 bits per heavy atom. The maximum Gasteiger partial charge on any atom is 0.0929 e. The van der Waals surface area contributed by atoms with E-state index in [1.54, 1.807) is 12.4 Å². The monoisotopic (exact) mass is 191 g/mol. The molecule has 0 aliphatic carbocycles. The summed E-state index contributed by atoms with van der Waals surface area (Å²) in [7, 11) is 1.82. The Bertz CT molecular complexity index is 391. The fourth-order valence-electron chi connectivity index (χ4n) is 1.47. The largest absolute Gasteiger partial charge is 0.387 e. The van der Waals surface area contributed by atoms with Gasteiger partial charge in [-0.3, -0.25) is 4.98 Å². The van der Waals surface area contributed by atoms with Crippen LogP contribution >= 0.6 is 0 Å². The third kappa shape index (κ3) is 1.62. The number of nitrogens with one attached hydrogen (secondary N) is 1. The van der Waals surface area contributed by atoms with Gasteiger partial charge in [0.2, 0.25) is 0 Å². The summed E-state index contributed by atoms with van der Waals surface area (Å²) in [4.78, 5) is 4.01. The molecule has 2 heterocycles. The van der Waals surface area contributed by atoms with E-state index in [1.165, 1.54) is 0 Å².